The number of hydrogen-bond acceptors (Lipinski definition) is 1. The lowest BCUT2D eigenvalue weighted by molar-refractivity contribution is 0.212. The third kappa shape index (κ3) is 2.64. The first-order valence-corrected chi connectivity index (χ1v) is 6.53. The number of halogens is 2. The van der Waals surface area contributed by atoms with Gasteiger partial charge < -0.3 is 5.32 Å². The van der Waals surface area contributed by atoms with Crippen LogP contribution in [0.15, 0.2) is 18.2 Å². The summed E-state index contributed by atoms with van der Waals surface area (Å²) in [6.07, 6.45) is 2.47. The molecule has 88 valence electrons. The van der Waals surface area contributed by atoms with E-state index in [1.807, 2.05) is 18.2 Å². The molecule has 1 nitrogen and oxygen atoms in total. The molecule has 1 aliphatic carbocycles. The summed E-state index contributed by atoms with van der Waals surface area (Å²) in [5.41, 5.74) is 0.960. The second-order valence-electron chi connectivity index (χ2n) is 4.94. The highest BCUT2D eigenvalue weighted by molar-refractivity contribution is 6.35. The molecule has 2 rings (SSSR count). The van der Waals surface area contributed by atoms with Crippen LogP contribution in [0.2, 0.25) is 10.0 Å². The SMILES string of the molecule is CC(C)C1CC(Nc2cc(Cl)ccc2Cl)C1. The standard InChI is InChI=1S/C13H17Cl2N/c1-8(2)9-5-11(6-9)16-13-7-10(14)3-4-12(13)15/h3-4,7-9,11,16H,5-6H2,1-2H3. The summed E-state index contributed by atoms with van der Waals surface area (Å²) < 4.78 is 0. The van der Waals surface area contributed by atoms with Gasteiger partial charge in [0.25, 0.3) is 0 Å². The van der Waals surface area contributed by atoms with Crippen molar-refractivity contribution in [3.05, 3.63) is 28.2 Å². The summed E-state index contributed by atoms with van der Waals surface area (Å²) in [5.74, 6) is 1.64. The maximum Gasteiger partial charge on any atom is 0.0638 e. The van der Waals surface area contributed by atoms with Crippen molar-refractivity contribution in [3.63, 3.8) is 0 Å². The minimum absolute atomic E-state index is 0.559. The van der Waals surface area contributed by atoms with E-state index in [-0.39, 0.29) is 0 Å². The lowest BCUT2D eigenvalue weighted by Gasteiger charge is -2.39. The molecule has 0 unspecified atom stereocenters. The average molecular weight is 258 g/mol. The highest BCUT2D eigenvalue weighted by Crippen LogP contribution is 2.37. The van der Waals surface area contributed by atoms with Crippen molar-refractivity contribution in [1.82, 2.24) is 0 Å². The van der Waals surface area contributed by atoms with Gasteiger partial charge in [0.05, 0.1) is 10.7 Å². The van der Waals surface area contributed by atoms with Crippen molar-refractivity contribution >= 4 is 28.9 Å². The van der Waals surface area contributed by atoms with Gasteiger partial charge in [-0.1, -0.05) is 37.0 Å². The van der Waals surface area contributed by atoms with Gasteiger partial charge in [-0.2, -0.15) is 0 Å². The van der Waals surface area contributed by atoms with Crippen LogP contribution in [0.25, 0.3) is 0 Å². The summed E-state index contributed by atoms with van der Waals surface area (Å²) in [7, 11) is 0. The van der Waals surface area contributed by atoms with Crippen LogP contribution < -0.4 is 5.32 Å². The van der Waals surface area contributed by atoms with Crippen molar-refractivity contribution in [2.24, 2.45) is 11.8 Å². The molecule has 0 aliphatic heterocycles. The molecule has 0 spiro atoms. The molecular weight excluding hydrogens is 241 g/mol. The van der Waals surface area contributed by atoms with Gasteiger partial charge in [-0.05, 0) is 42.9 Å². The second-order valence-corrected chi connectivity index (χ2v) is 5.78. The van der Waals surface area contributed by atoms with E-state index in [2.05, 4.69) is 19.2 Å². The Bertz CT molecular complexity index is 370. The minimum atomic E-state index is 0.559. The zero-order chi connectivity index (χ0) is 11.7. The predicted molar refractivity (Wildman–Crippen MR) is 71.4 cm³/mol. The molecule has 0 saturated heterocycles. The van der Waals surface area contributed by atoms with Gasteiger partial charge >= 0.3 is 0 Å². The Morgan fingerprint density at radius 3 is 2.56 bits per heavy atom. The number of anilines is 1. The molecule has 0 radical (unpaired) electrons. The topological polar surface area (TPSA) is 12.0 Å². The van der Waals surface area contributed by atoms with Crippen LogP contribution in [-0.4, -0.2) is 6.04 Å². The van der Waals surface area contributed by atoms with E-state index in [0.29, 0.717) is 6.04 Å². The van der Waals surface area contributed by atoms with Gasteiger partial charge in [-0.25, -0.2) is 0 Å². The molecule has 1 fully saturated rings. The molecular formula is C13H17Cl2N. The Labute approximate surface area is 107 Å². The molecule has 1 N–H and O–H groups in total. The van der Waals surface area contributed by atoms with Crippen LogP contribution in [-0.2, 0) is 0 Å². The first-order valence-electron chi connectivity index (χ1n) is 5.78. The van der Waals surface area contributed by atoms with Crippen molar-refractivity contribution in [3.8, 4) is 0 Å². The Hall–Kier alpha value is -0.400. The number of hydrogen-bond donors (Lipinski definition) is 1. The van der Waals surface area contributed by atoms with Crippen LogP contribution in [0.1, 0.15) is 26.7 Å². The molecule has 1 aliphatic rings. The molecule has 16 heavy (non-hydrogen) atoms. The van der Waals surface area contributed by atoms with E-state index in [9.17, 15) is 0 Å². The first kappa shape index (κ1) is 12.1. The summed E-state index contributed by atoms with van der Waals surface area (Å²) in [6, 6.07) is 6.10. The highest BCUT2D eigenvalue weighted by atomic mass is 35.5. The highest BCUT2D eigenvalue weighted by Gasteiger charge is 2.31. The van der Waals surface area contributed by atoms with E-state index >= 15 is 0 Å². The number of rotatable bonds is 3. The fourth-order valence-electron chi connectivity index (χ4n) is 2.15. The van der Waals surface area contributed by atoms with Gasteiger partial charge in [-0.3, -0.25) is 0 Å². The van der Waals surface area contributed by atoms with Crippen LogP contribution >= 0.6 is 23.2 Å². The minimum Gasteiger partial charge on any atom is -0.381 e. The summed E-state index contributed by atoms with van der Waals surface area (Å²) >= 11 is 12.0. The molecule has 0 atom stereocenters. The van der Waals surface area contributed by atoms with E-state index in [0.717, 1.165) is 27.6 Å². The van der Waals surface area contributed by atoms with Gasteiger partial charge in [0, 0.05) is 11.1 Å². The van der Waals surface area contributed by atoms with Crippen molar-refractivity contribution in [1.29, 1.82) is 0 Å². The predicted octanol–water partition coefficient (Wildman–Crippen LogP) is 4.84. The molecule has 0 bridgehead atoms. The number of benzene rings is 1. The van der Waals surface area contributed by atoms with E-state index in [1.54, 1.807) is 0 Å². The van der Waals surface area contributed by atoms with E-state index in [4.69, 9.17) is 23.2 Å². The van der Waals surface area contributed by atoms with Gasteiger partial charge in [0.1, 0.15) is 0 Å². The fraction of sp³-hybridized carbons (Fsp3) is 0.538. The van der Waals surface area contributed by atoms with Gasteiger partial charge in [0.15, 0.2) is 0 Å². The molecule has 1 saturated carbocycles. The average Bonchev–Trinajstić information content (AvgIpc) is 2.15. The molecule has 1 aromatic rings. The van der Waals surface area contributed by atoms with Gasteiger partial charge in [-0.15, -0.1) is 0 Å². The number of nitrogens with one attached hydrogen (secondary N) is 1. The third-order valence-corrected chi connectivity index (χ3v) is 3.97. The lowest BCUT2D eigenvalue weighted by atomic mass is 9.73. The molecule has 0 amide bonds. The maximum absolute atomic E-state index is 6.10. The van der Waals surface area contributed by atoms with Crippen LogP contribution in [0, 0.1) is 11.8 Å². The summed E-state index contributed by atoms with van der Waals surface area (Å²) in [5, 5.41) is 4.93. The molecule has 0 aromatic heterocycles. The van der Waals surface area contributed by atoms with Gasteiger partial charge in [0.2, 0.25) is 0 Å². The third-order valence-electron chi connectivity index (χ3n) is 3.41. The summed E-state index contributed by atoms with van der Waals surface area (Å²) in [6.45, 7) is 4.57. The molecule has 0 heterocycles. The van der Waals surface area contributed by atoms with Crippen molar-refractivity contribution < 1.29 is 0 Å². The van der Waals surface area contributed by atoms with Crippen molar-refractivity contribution in [2.75, 3.05) is 5.32 Å². The summed E-state index contributed by atoms with van der Waals surface area (Å²) in [4.78, 5) is 0. The Balaban J connectivity index is 1.94. The second kappa shape index (κ2) is 4.85. The Kier molecular flexibility index (Phi) is 3.66. The van der Waals surface area contributed by atoms with Crippen LogP contribution in [0.5, 0.6) is 0 Å². The fourth-order valence-corrected chi connectivity index (χ4v) is 2.50. The van der Waals surface area contributed by atoms with Crippen LogP contribution in [0.4, 0.5) is 5.69 Å². The monoisotopic (exact) mass is 257 g/mol. The van der Waals surface area contributed by atoms with Crippen LogP contribution in [0.3, 0.4) is 0 Å². The first-order chi connectivity index (χ1) is 7.56. The largest absolute Gasteiger partial charge is 0.381 e. The van der Waals surface area contributed by atoms with E-state index in [1.165, 1.54) is 12.8 Å². The molecule has 3 heteroatoms. The van der Waals surface area contributed by atoms with Crippen molar-refractivity contribution in [2.45, 2.75) is 32.7 Å². The Morgan fingerprint density at radius 1 is 1.25 bits per heavy atom. The lowest BCUT2D eigenvalue weighted by Crippen LogP contribution is -2.37. The normalized spacial score (nSPS) is 24.3. The zero-order valence-corrected chi connectivity index (χ0v) is 11.1. The maximum atomic E-state index is 6.10. The Morgan fingerprint density at radius 2 is 1.94 bits per heavy atom. The quantitative estimate of drug-likeness (QED) is 0.817. The van der Waals surface area contributed by atoms with E-state index < -0.39 is 0 Å². The molecule has 1 aromatic carbocycles. The zero-order valence-electron chi connectivity index (χ0n) is 9.63. The smallest absolute Gasteiger partial charge is 0.0638 e.